The first kappa shape index (κ1) is 22.9. The summed E-state index contributed by atoms with van der Waals surface area (Å²) in [6.07, 6.45) is -0.605. The molecule has 1 amide bonds. The smallest absolute Gasteiger partial charge is 0.270 e. The zero-order chi connectivity index (χ0) is 23.1. The van der Waals surface area contributed by atoms with Gasteiger partial charge in [-0.05, 0) is 54.6 Å². The second-order valence-electron chi connectivity index (χ2n) is 6.74. The molecule has 164 valence electrons. The van der Waals surface area contributed by atoms with Gasteiger partial charge >= 0.3 is 0 Å². The van der Waals surface area contributed by atoms with Gasteiger partial charge in [0.25, 0.3) is 11.6 Å². The summed E-state index contributed by atoms with van der Waals surface area (Å²) >= 11 is 5.81. The number of carbonyl (C=O) groups excluding carboxylic acids is 2. The predicted octanol–water partition coefficient (Wildman–Crippen LogP) is 5.25. The van der Waals surface area contributed by atoms with Gasteiger partial charge in [0.05, 0.1) is 4.92 Å². The van der Waals surface area contributed by atoms with Crippen molar-refractivity contribution >= 4 is 34.7 Å². The highest BCUT2D eigenvalue weighted by atomic mass is 35.5. The molecule has 0 fully saturated rings. The molecular weight excluding hydrogens is 439 g/mol. The summed E-state index contributed by atoms with van der Waals surface area (Å²) in [6.45, 7) is 0. The molecule has 32 heavy (non-hydrogen) atoms. The summed E-state index contributed by atoms with van der Waals surface area (Å²) in [7, 11) is 0. The number of nitro benzene ring substituents is 1. The van der Waals surface area contributed by atoms with Gasteiger partial charge in [-0.2, -0.15) is 0 Å². The van der Waals surface area contributed by atoms with E-state index >= 15 is 0 Å². The number of benzene rings is 3. The van der Waals surface area contributed by atoms with Crippen LogP contribution in [0.15, 0.2) is 72.8 Å². The Balaban J connectivity index is 1.67. The fraction of sp³-hybridized carbons (Fsp3) is 0.130. The third-order valence-corrected chi connectivity index (χ3v) is 4.72. The van der Waals surface area contributed by atoms with Crippen molar-refractivity contribution in [1.82, 2.24) is 0 Å². The molecule has 1 atom stereocenters. The number of nitro groups is 1. The van der Waals surface area contributed by atoms with Crippen LogP contribution in [0.5, 0.6) is 5.75 Å². The number of hydrogen-bond donors (Lipinski definition) is 1. The first-order valence-electron chi connectivity index (χ1n) is 9.55. The van der Waals surface area contributed by atoms with Crippen molar-refractivity contribution in [2.24, 2.45) is 0 Å². The molecule has 3 aromatic carbocycles. The van der Waals surface area contributed by atoms with Crippen LogP contribution in [-0.2, 0) is 0 Å². The van der Waals surface area contributed by atoms with Gasteiger partial charge in [-0.3, -0.25) is 19.7 Å². The molecule has 1 unspecified atom stereocenters. The molecule has 0 aliphatic heterocycles. The predicted molar refractivity (Wildman–Crippen MR) is 118 cm³/mol. The van der Waals surface area contributed by atoms with E-state index in [1.165, 1.54) is 48.5 Å². The molecule has 0 aliphatic carbocycles. The average molecular weight is 457 g/mol. The molecule has 0 radical (unpaired) electrons. The molecule has 0 bridgehead atoms. The molecule has 0 aromatic heterocycles. The number of anilines is 1. The van der Waals surface area contributed by atoms with Gasteiger partial charge < -0.3 is 10.1 Å². The van der Waals surface area contributed by atoms with Gasteiger partial charge in [-0.15, -0.1) is 11.6 Å². The Morgan fingerprint density at radius 2 is 1.72 bits per heavy atom. The van der Waals surface area contributed by atoms with E-state index in [0.717, 1.165) is 0 Å². The van der Waals surface area contributed by atoms with E-state index in [4.69, 9.17) is 16.3 Å². The number of alkyl halides is 1. The van der Waals surface area contributed by atoms with Crippen molar-refractivity contribution in [2.75, 3.05) is 11.2 Å². The lowest BCUT2D eigenvalue weighted by Gasteiger charge is -2.17. The SMILES string of the molecule is O=C(Nc1ccc(OC(CCCl)C(=O)c2ccc(F)cc2)cc1)c1cccc([N+](=O)[O-])c1. The fourth-order valence-corrected chi connectivity index (χ4v) is 3.09. The average Bonchev–Trinajstić information content (AvgIpc) is 2.80. The highest BCUT2D eigenvalue weighted by Gasteiger charge is 2.22. The lowest BCUT2D eigenvalue weighted by molar-refractivity contribution is -0.384. The van der Waals surface area contributed by atoms with E-state index in [1.54, 1.807) is 24.3 Å². The van der Waals surface area contributed by atoms with E-state index in [-0.39, 0.29) is 29.3 Å². The molecule has 0 spiro atoms. The third-order valence-electron chi connectivity index (χ3n) is 4.50. The monoisotopic (exact) mass is 456 g/mol. The van der Waals surface area contributed by atoms with Crippen molar-refractivity contribution < 1.29 is 23.6 Å². The van der Waals surface area contributed by atoms with Crippen LogP contribution < -0.4 is 10.1 Å². The highest BCUT2D eigenvalue weighted by Crippen LogP contribution is 2.21. The molecule has 7 nitrogen and oxygen atoms in total. The Bertz CT molecular complexity index is 1120. The second kappa shape index (κ2) is 10.5. The quantitative estimate of drug-likeness (QED) is 0.205. The Labute approximate surface area is 187 Å². The van der Waals surface area contributed by atoms with Gasteiger partial charge in [-0.1, -0.05) is 6.07 Å². The number of hydrogen-bond acceptors (Lipinski definition) is 5. The molecule has 0 aliphatic rings. The number of nitrogens with one attached hydrogen (secondary N) is 1. The summed E-state index contributed by atoms with van der Waals surface area (Å²) in [4.78, 5) is 35.3. The summed E-state index contributed by atoms with van der Waals surface area (Å²) in [5.74, 6) is -0.708. The van der Waals surface area contributed by atoms with Crippen molar-refractivity contribution in [1.29, 1.82) is 0 Å². The first-order chi connectivity index (χ1) is 15.4. The van der Waals surface area contributed by atoms with Crippen molar-refractivity contribution in [3.63, 3.8) is 0 Å². The van der Waals surface area contributed by atoms with Crippen LogP contribution >= 0.6 is 11.6 Å². The molecule has 0 saturated heterocycles. The van der Waals surface area contributed by atoms with E-state index in [2.05, 4.69) is 5.32 Å². The molecule has 0 saturated carbocycles. The van der Waals surface area contributed by atoms with Crippen LogP contribution in [0.2, 0.25) is 0 Å². The summed E-state index contributed by atoms with van der Waals surface area (Å²) in [5.41, 5.74) is 0.708. The van der Waals surface area contributed by atoms with E-state index in [1.807, 2.05) is 0 Å². The number of halogens is 2. The minimum absolute atomic E-state index is 0.145. The maximum Gasteiger partial charge on any atom is 0.270 e. The zero-order valence-electron chi connectivity index (χ0n) is 16.7. The Morgan fingerprint density at radius 3 is 2.34 bits per heavy atom. The number of non-ortho nitro benzene ring substituents is 1. The highest BCUT2D eigenvalue weighted by molar-refractivity contribution is 6.18. The van der Waals surface area contributed by atoms with Crippen LogP contribution in [-0.4, -0.2) is 28.6 Å². The molecule has 0 heterocycles. The standard InChI is InChI=1S/C23H18ClFN2O5/c24-13-12-21(22(28)15-4-6-17(25)7-5-15)32-20-10-8-18(9-11-20)26-23(29)16-2-1-3-19(14-16)27(30)31/h1-11,14,21H,12-13H2,(H,26,29). The van der Waals surface area contributed by atoms with E-state index in [0.29, 0.717) is 17.0 Å². The van der Waals surface area contributed by atoms with Crippen LogP contribution in [0, 0.1) is 15.9 Å². The number of amides is 1. The van der Waals surface area contributed by atoms with Gasteiger partial charge in [0.2, 0.25) is 5.78 Å². The topological polar surface area (TPSA) is 98.5 Å². The number of Topliss-reactive ketones (excluding diaryl/α,β-unsaturated/α-hetero) is 1. The fourth-order valence-electron chi connectivity index (χ4n) is 2.89. The molecule has 1 N–H and O–H groups in total. The van der Waals surface area contributed by atoms with Crippen molar-refractivity contribution in [2.45, 2.75) is 12.5 Å². The Kier molecular flexibility index (Phi) is 7.51. The number of carbonyl (C=O) groups is 2. The number of nitrogens with zero attached hydrogens (tertiary/aromatic N) is 1. The minimum atomic E-state index is -0.858. The van der Waals surface area contributed by atoms with Gasteiger partial charge in [0, 0.05) is 41.2 Å². The van der Waals surface area contributed by atoms with Crippen molar-refractivity contribution in [3.05, 3.63) is 99.9 Å². The minimum Gasteiger partial charge on any atom is -0.482 e. The lowest BCUT2D eigenvalue weighted by Crippen LogP contribution is -2.28. The van der Waals surface area contributed by atoms with E-state index in [9.17, 15) is 24.1 Å². The third kappa shape index (κ3) is 5.89. The number of rotatable bonds is 9. The molecule has 3 rings (SSSR count). The van der Waals surface area contributed by atoms with Crippen LogP contribution in [0.1, 0.15) is 27.1 Å². The Morgan fingerprint density at radius 1 is 1.03 bits per heavy atom. The molecule has 3 aromatic rings. The van der Waals surface area contributed by atoms with Crippen molar-refractivity contribution in [3.8, 4) is 5.75 Å². The Hall–Kier alpha value is -3.78. The van der Waals surface area contributed by atoms with Crippen LogP contribution in [0.25, 0.3) is 0 Å². The van der Waals surface area contributed by atoms with Crippen LogP contribution in [0.4, 0.5) is 15.8 Å². The molecule has 9 heteroatoms. The van der Waals surface area contributed by atoms with Crippen LogP contribution in [0.3, 0.4) is 0 Å². The maximum absolute atomic E-state index is 13.1. The second-order valence-corrected chi connectivity index (χ2v) is 7.12. The number of ether oxygens (including phenoxy) is 1. The van der Waals surface area contributed by atoms with Gasteiger partial charge in [0.1, 0.15) is 11.6 Å². The van der Waals surface area contributed by atoms with Gasteiger partial charge in [-0.25, -0.2) is 4.39 Å². The maximum atomic E-state index is 13.1. The number of ketones is 1. The normalized spacial score (nSPS) is 11.4. The molecular formula is C23H18ClFN2O5. The van der Waals surface area contributed by atoms with E-state index < -0.39 is 22.8 Å². The first-order valence-corrected chi connectivity index (χ1v) is 10.1. The lowest BCUT2D eigenvalue weighted by atomic mass is 10.0. The summed E-state index contributed by atoms with van der Waals surface area (Å²) < 4.78 is 18.9. The zero-order valence-corrected chi connectivity index (χ0v) is 17.4. The largest absolute Gasteiger partial charge is 0.482 e. The summed E-state index contributed by atoms with van der Waals surface area (Å²) in [6, 6.07) is 16.8. The van der Waals surface area contributed by atoms with Gasteiger partial charge in [0.15, 0.2) is 6.10 Å². The summed E-state index contributed by atoms with van der Waals surface area (Å²) in [5, 5.41) is 13.5.